The van der Waals surface area contributed by atoms with Crippen molar-refractivity contribution in [2.24, 2.45) is 0 Å². The minimum Gasteiger partial charge on any atom is -0.469 e. The molecule has 0 aliphatic carbocycles. The molecule has 0 fully saturated rings. The number of carbonyl (C=O) groups excluding carboxylic acids is 3. The van der Waals surface area contributed by atoms with E-state index >= 15 is 0 Å². The van der Waals surface area contributed by atoms with E-state index in [9.17, 15) is 14.4 Å². The molecule has 6 heteroatoms. The van der Waals surface area contributed by atoms with Crippen LogP contribution in [0.5, 0.6) is 0 Å². The van der Waals surface area contributed by atoms with Gasteiger partial charge in [-0.1, -0.05) is 0 Å². The Bertz CT molecular complexity index is 461. The summed E-state index contributed by atoms with van der Waals surface area (Å²) in [5.74, 6) is -1.16. The van der Waals surface area contributed by atoms with Gasteiger partial charge in [0, 0.05) is 16.8 Å². The molecule has 1 heterocycles. The van der Waals surface area contributed by atoms with Gasteiger partial charge in [-0.05, 0) is 6.92 Å². The highest BCUT2D eigenvalue weighted by atomic mass is 16.5. The van der Waals surface area contributed by atoms with E-state index in [-0.39, 0.29) is 17.7 Å². The van der Waals surface area contributed by atoms with Crippen LogP contribution in [0.2, 0.25) is 0 Å². The molecule has 92 valence electrons. The van der Waals surface area contributed by atoms with Crippen molar-refractivity contribution in [2.75, 3.05) is 14.2 Å². The average Bonchev–Trinajstić information content (AvgIpc) is 2.64. The van der Waals surface area contributed by atoms with Crippen LogP contribution in [0.1, 0.15) is 32.1 Å². The molecule has 0 aliphatic heterocycles. The number of carbonyl (C=O) groups is 3. The lowest BCUT2D eigenvalue weighted by Crippen LogP contribution is -2.11. The minimum atomic E-state index is -0.625. The summed E-state index contributed by atoms with van der Waals surface area (Å²) in [5.41, 5.74) is 1.21. The fourth-order valence-corrected chi connectivity index (χ4v) is 1.53. The van der Waals surface area contributed by atoms with Crippen molar-refractivity contribution >= 4 is 18.2 Å². The van der Waals surface area contributed by atoms with Crippen LogP contribution >= 0.6 is 0 Å². The number of aldehydes is 1. The summed E-state index contributed by atoms with van der Waals surface area (Å²) >= 11 is 0. The molecule has 0 saturated heterocycles. The molecule has 0 atom stereocenters. The van der Waals surface area contributed by atoms with Crippen LogP contribution in [0, 0.1) is 6.92 Å². The van der Waals surface area contributed by atoms with Crippen molar-refractivity contribution in [3.05, 3.63) is 22.5 Å². The highest BCUT2D eigenvalue weighted by Gasteiger charge is 2.22. The van der Waals surface area contributed by atoms with Crippen LogP contribution in [0.15, 0.2) is 0 Å². The summed E-state index contributed by atoms with van der Waals surface area (Å²) in [6.07, 6.45) is 0.440. The zero-order chi connectivity index (χ0) is 13.0. The summed E-state index contributed by atoms with van der Waals surface area (Å²) < 4.78 is 9.08. The Morgan fingerprint density at radius 1 is 1.29 bits per heavy atom. The van der Waals surface area contributed by atoms with Gasteiger partial charge >= 0.3 is 11.9 Å². The Kier molecular flexibility index (Phi) is 4.03. The smallest absolute Gasteiger partial charge is 0.354 e. The normalized spacial score (nSPS) is 9.82. The number of ether oxygens (including phenoxy) is 2. The van der Waals surface area contributed by atoms with Gasteiger partial charge in [-0.15, -0.1) is 0 Å². The molecule has 17 heavy (non-hydrogen) atoms. The van der Waals surface area contributed by atoms with Gasteiger partial charge in [-0.3, -0.25) is 9.59 Å². The molecule has 0 amide bonds. The van der Waals surface area contributed by atoms with Crippen LogP contribution in [-0.2, 0) is 20.7 Å². The number of esters is 2. The van der Waals surface area contributed by atoms with Crippen LogP contribution in [-0.4, -0.2) is 37.4 Å². The molecular weight excluding hydrogens is 226 g/mol. The van der Waals surface area contributed by atoms with Crippen molar-refractivity contribution in [3.8, 4) is 0 Å². The third kappa shape index (κ3) is 2.52. The number of aromatic nitrogens is 1. The van der Waals surface area contributed by atoms with E-state index in [0.717, 1.165) is 0 Å². The minimum absolute atomic E-state index is 0.109. The van der Waals surface area contributed by atoms with Gasteiger partial charge in [0.1, 0.15) is 5.69 Å². The van der Waals surface area contributed by atoms with E-state index in [2.05, 4.69) is 14.5 Å². The second-order valence-electron chi connectivity index (χ2n) is 3.38. The summed E-state index contributed by atoms with van der Waals surface area (Å²) in [5, 5.41) is 0. The summed E-state index contributed by atoms with van der Waals surface area (Å²) in [4.78, 5) is 36.3. The third-order valence-corrected chi connectivity index (χ3v) is 2.40. The zero-order valence-electron chi connectivity index (χ0n) is 9.83. The van der Waals surface area contributed by atoms with Crippen molar-refractivity contribution in [3.63, 3.8) is 0 Å². The largest absolute Gasteiger partial charge is 0.469 e. The molecule has 0 spiro atoms. The molecule has 1 aromatic rings. The molecule has 1 aromatic heterocycles. The Hall–Kier alpha value is -2.11. The van der Waals surface area contributed by atoms with Crippen LogP contribution in [0.3, 0.4) is 0 Å². The van der Waals surface area contributed by atoms with E-state index in [1.165, 1.54) is 14.2 Å². The number of nitrogens with one attached hydrogen (secondary N) is 1. The van der Waals surface area contributed by atoms with Gasteiger partial charge in [-0.25, -0.2) is 4.79 Å². The first-order valence-corrected chi connectivity index (χ1v) is 4.86. The van der Waals surface area contributed by atoms with Crippen molar-refractivity contribution in [1.82, 2.24) is 4.98 Å². The second-order valence-corrected chi connectivity index (χ2v) is 3.38. The van der Waals surface area contributed by atoms with Crippen molar-refractivity contribution in [2.45, 2.75) is 13.3 Å². The lowest BCUT2D eigenvalue weighted by atomic mass is 10.1. The second kappa shape index (κ2) is 5.29. The van der Waals surface area contributed by atoms with Gasteiger partial charge in [0.25, 0.3) is 0 Å². The fraction of sp³-hybridized carbons (Fsp3) is 0.364. The first-order chi connectivity index (χ1) is 8.04. The van der Waals surface area contributed by atoms with Crippen molar-refractivity contribution < 1.29 is 23.9 Å². The Labute approximate surface area is 97.9 Å². The maximum Gasteiger partial charge on any atom is 0.354 e. The van der Waals surface area contributed by atoms with E-state index in [4.69, 9.17) is 0 Å². The SMILES string of the molecule is COC(=O)Cc1c(C(=O)OC)[nH]c(C)c1C=O. The van der Waals surface area contributed by atoms with Crippen LogP contribution in [0.25, 0.3) is 0 Å². The fourth-order valence-electron chi connectivity index (χ4n) is 1.53. The number of rotatable bonds is 4. The van der Waals surface area contributed by atoms with Gasteiger partial charge in [-0.2, -0.15) is 0 Å². The molecule has 1 N–H and O–H groups in total. The topological polar surface area (TPSA) is 85.5 Å². The first kappa shape index (κ1) is 13.0. The molecule has 0 radical (unpaired) electrons. The standard InChI is InChI=1S/C11H13NO5/c1-6-8(5-13)7(4-9(14)16-2)10(12-6)11(15)17-3/h5,12H,4H2,1-3H3. The monoisotopic (exact) mass is 239 g/mol. The average molecular weight is 239 g/mol. The van der Waals surface area contributed by atoms with Crippen LogP contribution in [0.4, 0.5) is 0 Å². The predicted octanol–water partition coefficient (Wildman–Crippen LogP) is 0.638. The maximum atomic E-state index is 11.5. The van der Waals surface area contributed by atoms with Gasteiger partial charge in [0.05, 0.1) is 20.6 Å². The lowest BCUT2D eigenvalue weighted by Gasteiger charge is -2.02. The van der Waals surface area contributed by atoms with Crippen LogP contribution < -0.4 is 0 Å². The number of hydrogen-bond acceptors (Lipinski definition) is 5. The predicted molar refractivity (Wildman–Crippen MR) is 58.0 cm³/mol. The number of methoxy groups -OCH3 is 2. The summed E-state index contributed by atoms with van der Waals surface area (Å²) in [7, 11) is 2.46. The Balaban J connectivity index is 3.26. The molecule has 1 rings (SSSR count). The molecular formula is C11H13NO5. The molecule has 0 unspecified atom stereocenters. The third-order valence-electron chi connectivity index (χ3n) is 2.40. The van der Waals surface area contributed by atoms with Crippen molar-refractivity contribution in [1.29, 1.82) is 0 Å². The lowest BCUT2D eigenvalue weighted by molar-refractivity contribution is -0.139. The number of aryl methyl sites for hydroxylation is 1. The molecule has 6 nitrogen and oxygen atoms in total. The maximum absolute atomic E-state index is 11.5. The quantitative estimate of drug-likeness (QED) is 0.615. The summed E-state index contributed by atoms with van der Waals surface area (Å²) in [6.45, 7) is 1.64. The van der Waals surface area contributed by atoms with E-state index < -0.39 is 11.9 Å². The molecule has 0 bridgehead atoms. The van der Waals surface area contributed by atoms with E-state index in [0.29, 0.717) is 17.5 Å². The molecule has 0 aliphatic rings. The zero-order valence-corrected chi connectivity index (χ0v) is 9.83. The molecule has 0 saturated carbocycles. The number of hydrogen-bond donors (Lipinski definition) is 1. The number of aromatic amines is 1. The highest BCUT2D eigenvalue weighted by Crippen LogP contribution is 2.19. The Morgan fingerprint density at radius 2 is 1.94 bits per heavy atom. The molecule has 0 aromatic carbocycles. The van der Waals surface area contributed by atoms with Gasteiger partial charge in [0.2, 0.25) is 0 Å². The Morgan fingerprint density at radius 3 is 2.41 bits per heavy atom. The first-order valence-electron chi connectivity index (χ1n) is 4.86. The van der Waals surface area contributed by atoms with Gasteiger partial charge < -0.3 is 14.5 Å². The van der Waals surface area contributed by atoms with E-state index in [1.54, 1.807) is 6.92 Å². The highest BCUT2D eigenvalue weighted by molar-refractivity contribution is 5.95. The van der Waals surface area contributed by atoms with Gasteiger partial charge in [0.15, 0.2) is 6.29 Å². The summed E-state index contributed by atoms with van der Waals surface area (Å²) in [6, 6.07) is 0. The number of H-pyrrole nitrogens is 1. The van der Waals surface area contributed by atoms with E-state index in [1.807, 2.05) is 0 Å².